The van der Waals surface area contributed by atoms with Gasteiger partial charge in [-0.25, -0.2) is 0 Å². The van der Waals surface area contributed by atoms with E-state index in [4.69, 9.17) is 10.5 Å². The van der Waals surface area contributed by atoms with Gasteiger partial charge in [-0.2, -0.15) is 13.2 Å². The molecule has 1 aromatic rings. The van der Waals surface area contributed by atoms with Crippen LogP contribution in [0.1, 0.15) is 17.7 Å². The fourth-order valence-electron chi connectivity index (χ4n) is 1.66. The van der Waals surface area contributed by atoms with Crippen LogP contribution in [0.5, 0.6) is 0 Å². The number of nitrogens with two attached hydrogens (primary N) is 1. The number of pyridine rings is 1. The molecule has 1 aliphatic rings. The first-order valence-corrected chi connectivity index (χ1v) is 4.82. The Bertz CT molecular complexity index is 369. The van der Waals surface area contributed by atoms with Crippen molar-refractivity contribution in [3.8, 4) is 0 Å². The highest BCUT2D eigenvalue weighted by molar-refractivity contribution is 5.24. The summed E-state index contributed by atoms with van der Waals surface area (Å²) < 4.78 is 42.0. The van der Waals surface area contributed by atoms with Gasteiger partial charge in [-0.3, -0.25) is 4.98 Å². The van der Waals surface area contributed by atoms with Crippen molar-refractivity contribution < 1.29 is 17.9 Å². The SMILES string of the molecule is NC1(c2ccc(C(F)(F)F)nc2)CCOC1. The van der Waals surface area contributed by atoms with Gasteiger partial charge in [0.05, 0.1) is 12.1 Å². The number of ether oxygens (including phenoxy) is 1. The Kier molecular flexibility index (Phi) is 2.63. The van der Waals surface area contributed by atoms with Crippen molar-refractivity contribution >= 4 is 0 Å². The molecule has 2 heterocycles. The van der Waals surface area contributed by atoms with Crippen LogP contribution in [0, 0.1) is 0 Å². The summed E-state index contributed by atoms with van der Waals surface area (Å²) in [6.45, 7) is 0.845. The maximum atomic E-state index is 12.3. The minimum atomic E-state index is -4.41. The second-order valence-electron chi connectivity index (χ2n) is 3.89. The van der Waals surface area contributed by atoms with E-state index in [1.54, 1.807) is 0 Å². The molecular weight excluding hydrogens is 221 g/mol. The number of hydrogen-bond donors (Lipinski definition) is 1. The first-order chi connectivity index (χ1) is 7.42. The van der Waals surface area contributed by atoms with Crippen LogP contribution >= 0.6 is 0 Å². The van der Waals surface area contributed by atoms with E-state index >= 15 is 0 Å². The highest BCUT2D eigenvalue weighted by atomic mass is 19.4. The van der Waals surface area contributed by atoms with Crippen LogP contribution in [0.15, 0.2) is 18.3 Å². The van der Waals surface area contributed by atoms with Gasteiger partial charge in [-0.1, -0.05) is 6.07 Å². The number of rotatable bonds is 1. The minimum absolute atomic E-state index is 0.319. The summed E-state index contributed by atoms with van der Waals surface area (Å²) in [5.41, 5.74) is 4.97. The molecule has 1 unspecified atom stereocenters. The number of alkyl halides is 3. The normalized spacial score (nSPS) is 26.0. The first-order valence-electron chi connectivity index (χ1n) is 4.82. The maximum absolute atomic E-state index is 12.3. The van der Waals surface area contributed by atoms with E-state index in [1.807, 2.05) is 0 Å². The first kappa shape index (κ1) is 11.3. The zero-order valence-electron chi connectivity index (χ0n) is 8.42. The van der Waals surface area contributed by atoms with Crippen LogP contribution < -0.4 is 5.73 Å². The third kappa shape index (κ3) is 2.03. The maximum Gasteiger partial charge on any atom is 0.433 e. The summed E-state index contributed by atoms with van der Waals surface area (Å²) >= 11 is 0. The third-order valence-electron chi connectivity index (χ3n) is 2.68. The molecule has 1 atom stereocenters. The summed E-state index contributed by atoms with van der Waals surface area (Å²) in [5, 5.41) is 0. The zero-order chi connectivity index (χ0) is 11.8. The van der Waals surface area contributed by atoms with Gasteiger partial charge in [0.15, 0.2) is 0 Å². The average Bonchev–Trinajstić information content (AvgIpc) is 2.66. The zero-order valence-corrected chi connectivity index (χ0v) is 8.42. The van der Waals surface area contributed by atoms with E-state index in [-0.39, 0.29) is 0 Å². The van der Waals surface area contributed by atoms with Gasteiger partial charge in [0.25, 0.3) is 0 Å². The monoisotopic (exact) mass is 232 g/mol. The highest BCUT2D eigenvalue weighted by Gasteiger charge is 2.35. The predicted octanol–water partition coefficient (Wildman–Crippen LogP) is 1.67. The Balaban J connectivity index is 2.26. The van der Waals surface area contributed by atoms with Gasteiger partial charge in [0, 0.05) is 12.8 Å². The van der Waals surface area contributed by atoms with E-state index in [2.05, 4.69) is 4.98 Å². The Morgan fingerprint density at radius 1 is 1.38 bits per heavy atom. The molecular formula is C10H11F3N2O. The highest BCUT2D eigenvalue weighted by Crippen LogP contribution is 2.31. The summed E-state index contributed by atoms with van der Waals surface area (Å²) in [6.07, 6.45) is -2.63. The van der Waals surface area contributed by atoms with E-state index in [0.717, 1.165) is 6.07 Å². The number of halogens is 3. The van der Waals surface area contributed by atoms with E-state index < -0.39 is 17.4 Å². The quantitative estimate of drug-likeness (QED) is 0.801. The number of aromatic nitrogens is 1. The Morgan fingerprint density at radius 3 is 2.56 bits per heavy atom. The summed E-state index contributed by atoms with van der Waals surface area (Å²) in [7, 11) is 0. The molecule has 6 heteroatoms. The van der Waals surface area contributed by atoms with Gasteiger partial charge in [-0.15, -0.1) is 0 Å². The van der Waals surface area contributed by atoms with Crippen molar-refractivity contribution in [2.75, 3.05) is 13.2 Å². The molecule has 16 heavy (non-hydrogen) atoms. The molecule has 1 saturated heterocycles. The minimum Gasteiger partial charge on any atom is -0.379 e. The summed E-state index contributed by atoms with van der Waals surface area (Å²) in [5.74, 6) is 0. The Hall–Kier alpha value is -1.14. The fraction of sp³-hybridized carbons (Fsp3) is 0.500. The second-order valence-corrected chi connectivity index (χ2v) is 3.89. The standard InChI is InChI=1S/C10H11F3N2O/c11-10(12,13)8-2-1-7(5-15-8)9(14)3-4-16-6-9/h1-2,5H,3-4,6,14H2. The molecule has 1 aliphatic heterocycles. The van der Waals surface area contributed by atoms with Crippen LogP contribution in [-0.4, -0.2) is 18.2 Å². The van der Waals surface area contributed by atoms with Crippen molar-refractivity contribution in [2.45, 2.75) is 18.1 Å². The second kappa shape index (κ2) is 3.71. The smallest absolute Gasteiger partial charge is 0.379 e. The Labute approximate surface area is 90.4 Å². The van der Waals surface area contributed by atoms with Crippen LogP contribution in [0.25, 0.3) is 0 Å². The van der Waals surface area contributed by atoms with Gasteiger partial charge < -0.3 is 10.5 Å². The van der Waals surface area contributed by atoms with Gasteiger partial charge in [-0.05, 0) is 18.1 Å². The topological polar surface area (TPSA) is 48.1 Å². The molecule has 0 radical (unpaired) electrons. The molecule has 1 aromatic heterocycles. The molecule has 0 saturated carbocycles. The molecule has 3 nitrogen and oxygen atoms in total. The largest absolute Gasteiger partial charge is 0.433 e. The van der Waals surface area contributed by atoms with Crippen LogP contribution in [-0.2, 0) is 16.5 Å². The van der Waals surface area contributed by atoms with E-state index in [1.165, 1.54) is 12.3 Å². The van der Waals surface area contributed by atoms with E-state index in [9.17, 15) is 13.2 Å². The average molecular weight is 232 g/mol. The predicted molar refractivity (Wildman–Crippen MR) is 50.5 cm³/mol. The summed E-state index contributed by atoms with van der Waals surface area (Å²) in [6, 6.07) is 2.31. The summed E-state index contributed by atoms with van der Waals surface area (Å²) in [4.78, 5) is 3.38. The molecule has 0 aliphatic carbocycles. The lowest BCUT2D eigenvalue weighted by molar-refractivity contribution is -0.141. The molecule has 0 aromatic carbocycles. The number of nitrogens with zero attached hydrogens (tertiary/aromatic N) is 1. The lowest BCUT2D eigenvalue weighted by Gasteiger charge is -2.22. The number of hydrogen-bond acceptors (Lipinski definition) is 3. The van der Waals surface area contributed by atoms with Crippen LogP contribution in [0.4, 0.5) is 13.2 Å². The molecule has 1 fully saturated rings. The molecule has 0 bridgehead atoms. The molecule has 88 valence electrons. The third-order valence-corrected chi connectivity index (χ3v) is 2.68. The van der Waals surface area contributed by atoms with Crippen LogP contribution in [0.3, 0.4) is 0 Å². The molecule has 0 amide bonds. The van der Waals surface area contributed by atoms with Gasteiger partial charge in [0.2, 0.25) is 0 Å². The van der Waals surface area contributed by atoms with Crippen molar-refractivity contribution in [1.29, 1.82) is 0 Å². The van der Waals surface area contributed by atoms with Crippen molar-refractivity contribution in [2.24, 2.45) is 5.73 Å². The Morgan fingerprint density at radius 2 is 2.12 bits per heavy atom. The van der Waals surface area contributed by atoms with Crippen LogP contribution in [0.2, 0.25) is 0 Å². The van der Waals surface area contributed by atoms with E-state index in [0.29, 0.717) is 25.2 Å². The lowest BCUT2D eigenvalue weighted by atomic mass is 9.92. The van der Waals surface area contributed by atoms with Gasteiger partial charge in [0.1, 0.15) is 5.69 Å². The molecule has 2 N–H and O–H groups in total. The van der Waals surface area contributed by atoms with Gasteiger partial charge >= 0.3 is 6.18 Å². The fourth-order valence-corrected chi connectivity index (χ4v) is 1.66. The molecule has 0 spiro atoms. The lowest BCUT2D eigenvalue weighted by Crippen LogP contribution is -2.37. The van der Waals surface area contributed by atoms with Crippen molar-refractivity contribution in [1.82, 2.24) is 4.98 Å². The van der Waals surface area contributed by atoms with Crippen molar-refractivity contribution in [3.63, 3.8) is 0 Å². The molecule has 2 rings (SSSR count). The van der Waals surface area contributed by atoms with Crippen molar-refractivity contribution in [3.05, 3.63) is 29.6 Å².